The zero-order chi connectivity index (χ0) is 34.5. The molecule has 3 aliphatic carbocycles. The second kappa shape index (κ2) is 16.1. The predicted molar refractivity (Wildman–Crippen MR) is 190 cm³/mol. The molecule has 2 bridgehead atoms. The molecule has 0 radical (unpaired) electrons. The minimum absolute atomic E-state index is 0.157. The number of hydrogen-bond acceptors (Lipinski definition) is 7. The molecule has 0 unspecified atom stereocenters. The van der Waals surface area contributed by atoms with Crippen LogP contribution in [0.5, 0.6) is 0 Å². The summed E-state index contributed by atoms with van der Waals surface area (Å²) in [6.07, 6.45) is 5.51. The highest BCUT2D eigenvalue weighted by Gasteiger charge is 2.57. The molecule has 3 aliphatic rings. The fraction of sp³-hybridized carbons (Fsp3) is 0.513. The topological polar surface area (TPSA) is 101 Å². The van der Waals surface area contributed by atoms with Crippen molar-refractivity contribution in [1.82, 2.24) is 4.90 Å². The zero-order valence-electron chi connectivity index (χ0n) is 28.0. The summed E-state index contributed by atoms with van der Waals surface area (Å²) in [5.74, 6) is -0.964. The van der Waals surface area contributed by atoms with E-state index in [1.807, 2.05) is 29.6 Å². The monoisotopic (exact) mass is 697 g/mol. The molecule has 5 atom stereocenters. The van der Waals surface area contributed by atoms with E-state index in [0.717, 1.165) is 30.4 Å². The molecule has 1 fully saturated rings. The number of halogens is 2. The maximum Gasteiger partial charge on any atom is 0.167 e. The number of aliphatic hydroxyl groups is 4. The van der Waals surface area contributed by atoms with Gasteiger partial charge >= 0.3 is 0 Å². The van der Waals surface area contributed by atoms with Crippen molar-refractivity contribution in [3.63, 3.8) is 0 Å². The van der Waals surface area contributed by atoms with Gasteiger partial charge in [-0.2, -0.15) is 0 Å². The molecule has 0 saturated heterocycles. The normalized spacial score (nSPS) is 25.5. The molecule has 1 aromatic heterocycles. The fourth-order valence-corrected chi connectivity index (χ4v) is 8.81. The van der Waals surface area contributed by atoms with E-state index in [9.17, 15) is 29.6 Å². The van der Waals surface area contributed by atoms with Crippen LogP contribution in [0.15, 0.2) is 65.6 Å². The third-order valence-corrected chi connectivity index (χ3v) is 12.1. The Bertz CT molecular complexity index is 1560. The van der Waals surface area contributed by atoms with Gasteiger partial charge in [0, 0.05) is 52.5 Å². The molecule has 260 valence electrons. The number of carbonyl (C=O) groups excluding carboxylic acids is 1. The van der Waals surface area contributed by atoms with Crippen molar-refractivity contribution in [1.29, 1.82) is 0 Å². The van der Waals surface area contributed by atoms with Gasteiger partial charge in [-0.25, -0.2) is 4.39 Å². The lowest BCUT2D eigenvalue weighted by atomic mass is 9.64. The zero-order valence-corrected chi connectivity index (χ0v) is 29.6. The summed E-state index contributed by atoms with van der Waals surface area (Å²) in [5.41, 5.74) is 1.67. The number of Topliss-reactive ketones (excluding diaryl/α,β-unsaturated/α-hetero) is 1. The average molecular weight is 698 g/mol. The number of thiophene rings is 1. The molecule has 1 saturated carbocycles. The van der Waals surface area contributed by atoms with E-state index in [4.69, 9.17) is 11.6 Å². The Morgan fingerprint density at radius 3 is 2.71 bits per heavy atom. The van der Waals surface area contributed by atoms with E-state index in [1.165, 1.54) is 22.6 Å². The van der Waals surface area contributed by atoms with Crippen LogP contribution in [0.4, 0.5) is 4.39 Å². The van der Waals surface area contributed by atoms with Crippen LogP contribution in [0.2, 0.25) is 5.02 Å². The second-order valence-corrected chi connectivity index (χ2v) is 15.6. The van der Waals surface area contributed by atoms with Gasteiger partial charge in [0.2, 0.25) is 0 Å². The Balaban J connectivity index is 1.55. The number of allylic oxidation sites excluding steroid dienone is 2. The van der Waals surface area contributed by atoms with Crippen molar-refractivity contribution in [2.45, 2.75) is 95.4 Å². The Kier molecular flexibility index (Phi) is 12.3. The van der Waals surface area contributed by atoms with Crippen molar-refractivity contribution in [3.05, 3.63) is 104 Å². The average Bonchev–Trinajstić information content (AvgIpc) is 3.66. The number of benzene rings is 2. The number of hydrogen-bond donors (Lipinski definition) is 4. The molecule has 0 spiro atoms. The Labute approximate surface area is 292 Å². The molecular weight excluding hydrogens is 649 g/mol. The number of ketones is 1. The van der Waals surface area contributed by atoms with E-state index in [2.05, 4.69) is 30.9 Å². The Morgan fingerprint density at radius 2 is 1.98 bits per heavy atom. The molecule has 9 heteroatoms. The van der Waals surface area contributed by atoms with Crippen LogP contribution in [0.1, 0.15) is 90.2 Å². The summed E-state index contributed by atoms with van der Waals surface area (Å²) >= 11 is 8.03. The summed E-state index contributed by atoms with van der Waals surface area (Å²) in [4.78, 5) is 17.4. The van der Waals surface area contributed by atoms with Crippen molar-refractivity contribution >= 4 is 28.7 Å². The smallest absolute Gasteiger partial charge is 0.167 e. The minimum atomic E-state index is -1.16. The van der Waals surface area contributed by atoms with Gasteiger partial charge < -0.3 is 20.4 Å². The van der Waals surface area contributed by atoms with Crippen LogP contribution >= 0.6 is 22.9 Å². The molecule has 6 rings (SSSR count). The molecule has 2 aromatic carbocycles. The molecule has 4 N–H and O–H groups in total. The Morgan fingerprint density at radius 1 is 1.17 bits per heavy atom. The highest BCUT2D eigenvalue weighted by molar-refractivity contribution is 7.09. The number of fused-ring (bicyclic) bond motifs is 8. The molecule has 3 aromatic rings. The summed E-state index contributed by atoms with van der Waals surface area (Å²) in [5, 5.41) is 46.1. The van der Waals surface area contributed by atoms with Gasteiger partial charge in [0.15, 0.2) is 5.78 Å². The standard InChI is InChI=1S/C39H49ClFNO5S/c1-26-6-4-16-38(2)34(14-17-39(38,47)25-42(23-29(45)24-43)18-15-30-7-5-19-48-30)31-13-11-27(20-28(44)12-10-26)21-32(31)37(46)22-33-35(40)8-3-9-36(33)41/h3,5-9,11,13,19,21,28-29,34,43-45,47H,4,10,12,14-18,20,22-25H2,1-2H3/t28-,29-,34-,38-,39+/m0/s1. The highest BCUT2D eigenvalue weighted by atomic mass is 35.5. The maximum absolute atomic E-state index is 14.9. The molecule has 0 amide bonds. The van der Waals surface area contributed by atoms with Gasteiger partial charge in [-0.1, -0.05) is 54.4 Å². The number of carbonyl (C=O) groups is 1. The summed E-state index contributed by atoms with van der Waals surface area (Å²) in [6, 6.07) is 14.3. The molecule has 48 heavy (non-hydrogen) atoms. The summed E-state index contributed by atoms with van der Waals surface area (Å²) in [7, 11) is 0. The number of nitrogens with zero attached hydrogens (tertiary/aromatic N) is 1. The molecule has 6 nitrogen and oxygen atoms in total. The number of rotatable bonds is 11. The van der Waals surface area contributed by atoms with E-state index in [0.29, 0.717) is 50.8 Å². The van der Waals surface area contributed by atoms with Gasteiger partial charge in [0.1, 0.15) is 5.82 Å². The summed E-state index contributed by atoms with van der Waals surface area (Å²) < 4.78 is 14.9. The quantitative estimate of drug-likeness (QED) is 0.129. The summed E-state index contributed by atoms with van der Waals surface area (Å²) in [6.45, 7) is 5.00. The van der Waals surface area contributed by atoms with Crippen LogP contribution in [0.3, 0.4) is 0 Å². The van der Waals surface area contributed by atoms with Crippen LogP contribution in [-0.4, -0.2) is 75.2 Å². The molecule has 1 heterocycles. The largest absolute Gasteiger partial charge is 0.394 e. The van der Waals surface area contributed by atoms with Crippen molar-refractivity contribution in [3.8, 4) is 0 Å². The van der Waals surface area contributed by atoms with Gasteiger partial charge in [-0.15, -0.1) is 11.3 Å². The maximum atomic E-state index is 14.9. The Hall–Kier alpha value is -2.43. The minimum Gasteiger partial charge on any atom is -0.394 e. The van der Waals surface area contributed by atoms with Crippen LogP contribution in [0, 0.1) is 11.2 Å². The lowest BCUT2D eigenvalue weighted by Gasteiger charge is -2.46. The fourth-order valence-electron chi connectivity index (χ4n) is 7.88. The van der Waals surface area contributed by atoms with E-state index in [-0.39, 0.29) is 41.9 Å². The van der Waals surface area contributed by atoms with Gasteiger partial charge in [0.05, 0.1) is 24.4 Å². The molecular formula is C39H49ClFNO5S. The first kappa shape index (κ1) is 36.8. The van der Waals surface area contributed by atoms with Crippen LogP contribution in [0.25, 0.3) is 0 Å². The van der Waals surface area contributed by atoms with E-state index >= 15 is 0 Å². The van der Waals surface area contributed by atoms with Crippen LogP contribution in [-0.2, 0) is 19.3 Å². The lowest BCUT2D eigenvalue weighted by Crippen LogP contribution is -2.54. The van der Waals surface area contributed by atoms with Crippen molar-refractivity contribution in [2.24, 2.45) is 5.41 Å². The van der Waals surface area contributed by atoms with Crippen molar-refractivity contribution in [2.75, 3.05) is 26.2 Å². The lowest BCUT2D eigenvalue weighted by molar-refractivity contribution is -0.0889. The first-order valence-corrected chi connectivity index (χ1v) is 18.4. The van der Waals surface area contributed by atoms with E-state index < -0.39 is 29.0 Å². The van der Waals surface area contributed by atoms with Gasteiger partial charge in [-0.05, 0) is 105 Å². The van der Waals surface area contributed by atoms with Crippen LogP contribution < -0.4 is 0 Å². The third-order valence-electron chi connectivity index (χ3n) is 10.8. The van der Waals surface area contributed by atoms with Gasteiger partial charge in [-0.3, -0.25) is 9.69 Å². The third kappa shape index (κ3) is 8.47. The molecule has 0 aliphatic heterocycles. The highest BCUT2D eigenvalue weighted by Crippen LogP contribution is 2.59. The van der Waals surface area contributed by atoms with E-state index in [1.54, 1.807) is 17.4 Å². The second-order valence-electron chi connectivity index (χ2n) is 14.1. The predicted octanol–water partition coefficient (Wildman–Crippen LogP) is 6.90. The van der Waals surface area contributed by atoms with Gasteiger partial charge in [0.25, 0.3) is 0 Å². The van der Waals surface area contributed by atoms with Crippen molar-refractivity contribution < 1.29 is 29.6 Å². The number of aliphatic hydroxyl groups excluding tert-OH is 3. The SMILES string of the molecule is CC1=CCC[C@@]2(C)[C@@H](CC[C@@]2(O)CN(CCc2cccs2)C[C@H](O)CO)c2ccc(cc2C(=O)Cc2c(F)cccc2Cl)C[C@@H](O)CC1. The first-order chi connectivity index (χ1) is 22.9. The first-order valence-electron chi connectivity index (χ1n) is 17.1.